The second kappa shape index (κ2) is 9.69. The van der Waals surface area contributed by atoms with Gasteiger partial charge in [-0.2, -0.15) is 0 Å². The molecule has 4 heterocycles. The lowest BCUT2D eigenvalue weighted by Gasteiger charge is -2.35. The quantitative estimate of drug-likeness (QED) is 0.366. The molecule has 0 unspecified atom stereocenters. The minimum atomic E-state index is -0.423. The molecule has 1 saturated heterocycles. The number of aryl methyl sites for hydroxylation is 1. The number of thiazole rings is 1. The van der Waals surface area contributed by atoms with Crippen molar-refractivity contribution >= 4 is 45.3 Å². The highest BCUT2D eigenvalue weighted by Crippen LogP contribution is 2.34. The Labute approximate surface area is 212 Å². The molecule has 0 aliphatic carbocycles. The van der Waals surface area contributed by atoms with Crippen molar-refractivity contribution in [2.24, 2.45) is 0 Å². The van der Waals surface area contributed by atoms with E-state index in [1.165, 1.54) is 30.4 Å². The molecule has 1 fully saturated rings. The van der Waals surface area contributed by atoms with Crippen LogP contribution in [0.1, 0.15) is 19.5 Å². The van der Waals surface area contributed by atoms with E-state index in [9.17, 15) is 14.0 Å². The van der Waals surface area contributed by atoms with Crippen molar-refractivity contribution in [2.45, 2.75) is 20.3 Å². The van der Waals surface area contributed by atoms with Crippen molar-refractivity contribution in [3.63, 3.8) is 0 Å². The van der Waals surface area contributed by atoms with E-state index in [4.69, 9.17) is 9.97 Å². The van der Waals surface area contributed by atoms with E-state index in [0.717, 1.165) is 45.7 Å². The molecule has 0 spiro atoms. The second-order valence-electron chi connectivity index (χ2n) is 8.77. The first kappa shape index (κ1) is 23.9. The summed E-state index contributed by atoms with van der Waals surface area (Å²) in [5.41, 5.74) is 4.50. The van der Waals surface area contributed by atoms with Gasteiger partial charge in [0.2, 0.25) is 5.78 Å². The molecule has 0 radical (unpaired) electrons. The molecule has 0 saturated carbocycles. The van der Waals surface area contributed by atoms with Crippen LogP contribution in [0.4, 0.5) is 21.0 Å². The maximum atomic E-state index is 13.3. The molecule has 0 N–H and O–H groups in total. The van der Waals surface area contributed by atoms with Crippen LogP contribution < -0.4 is 9.80 Å². The van der Waals surface area contributed by atoms with E-state index in [0.29, 0.717) is 26.2 Å². The molecule has 36 heavy (non-hydrogen) atoms. The Balaban J connectivity index is 1.43. The summed E-state index contributed by atoms with van der Waals surface area (Å²) in [6.45, 7) is 5.72. The number of imidazole rings is 1. The molecule has 186 valence electrons. The number of amides is 1. The molecular weight excluding hydrogens is 479 g/mol. The Morgan fingerprint density at radius 3 is 2.44 bits per heavy atom. The molecule has 1 aliphatic heterocycles. The first-order chi connectivity index (χ1) is 17.4. The molecule has 1 aromatic carbocycles. The van der Waals surface area contributed by atoms with Gasteiger partial charge in [0.05, 0.1) is 17.1 Å². The molecule has 10 heteroatoms. The maximum Gasteiger partial charge on any atom is 0.289 e. The third-order valence-corrected chi connectivity index (χ3v) is 7.37. The van der Waals surface area contributed by atoms with Crippen LogP contribution >= 0.6 is 11.3 Å². The Bertz CT molecular complexity index is 1420. The molecule has 0 bridgehead atoms. The molecule has 8 nitrogen and oxygen atoms in total. The average Bonchev–Trinajstić information content (AvgIpc) is 3.53. The number of carbonyl (C=O) groups is 2. The monoisotopic (exact) mass is 506 g/mol. The van der Waals surface area contributed by atoms with Crippen molar-refractivity contribution in [3.8, 4) is 11.3 Å². The molecule has 0 atom stereocenters. The van der Waals surface area contributed by atoms with Gasteiger partial charge in [-0.05, 0) is 42.8 Å². The number of Topliss-reactive ketones (excluding diaryl/α,β-unsaturated/α-hetero) is 1. The lowest BCUT2D eigenvalue weighted by atomic mass is 10.2. The van der Waals surface area contributed by atoms with E-state index < -0.39 is 11.7 Å². The fourth-order valence-electron chi connectivity index (χ4n) is 4.50. The van der Waals surface area contributed by atoms with Gasteiger partial charge in [-0.25, -0.2) is 14.4 Å². The number of nitrogens with zero attached hydrogens (tertiary/aromatic N) is 6. The fraction of sp³-hybridized carbons (Fsp3) is 0.308. The van der Waals surface area contributed by atoms with Crippen molar-refractivity contribution in [1.82, 2.24) is 19.3 Å². The Kier molecular flexibility index (Phi) is 6.44. The summed E-state index contributed by atoms with van der Waals surface area (Å²) in [5, 5.41) is 2.79. The Hall–Kier alpha value is -3.79. The molecule has 3 aromatic heterocycles. The lowest BCUT2D eigenvalue weighted by Crippen LogP contribution is -2.50. The van der Waals surface area contributed by atoms with E-state index in [1.807, 2.05) is 29.5 Å². The third-order valence-electron chi connectivity index (χ3n) is 6.45. The number of hydrogen-bond donors (Lipinski definition) is 0. The van der Waals surface area contributed by atoms with Crippen LogP contribution in [0, 0.1) is 5.82 Å². The first-order valence-electron chi connectivity index (χ1n) is 11.9. The van der Waals surface area contributed by atoms with E-state index in [2.05, 4.69) is 22.4 Å². The zero-order valence-corrected chi connectivity index (χ0v) is 21.3. The topological polar surface area (TPSA) is 74.1 Å². The van der Waals surface area contributed by atoms with Gasteiger partial charge in [0.1, 0.15) is 17.3 Å². The number of halogens is 1. The minimum Gasteiger partial charge on any atom is -0.367 e. The predicted molar refractivity (Wildman–Crippen MR) is 140 cm³/mol. The summed E-state index contributed by atoms with van der Waals surface area (Å²) >= 11 is 1.52. The van der Waals surface area contributed by atoms with Crippen LogP contribution in [0.2, 0.25) is 0 Å². The van der Waals surface area contributed by atoms with Crippen LogP contribution in [-0.4, -0.2) is 64.2 Å². The summed E-state index contributed by atoms with van der Waals surface area (Å²) < 4.78 is 15.4. The molecule has 1 aliphatic rings. The number of rotatable bonds is 6. The van der Waals surface area contributed by atoms with Gasteiger partial charge in [0.15, 0.2) is 5.13 Å². The number of piperazine rings is 1. The van der Waals surface area contributed by atoms with Gasteiger partial charge in [0.25, 0.3) is 5.91 Å². The summed E-state index contributed by atoms with van der Waals surface area (Å²) in [6.07, 6.45) is 2.84. The zero-order valence-electron chi connectivity index (χ0n) is 20.4. The van der Waals surface area contributed by atoms with Crippen LogP contribution in [0.25, 0.3) is 16.9 Å². The first-order valence-corrected chi connectivity index (χ1v) is 12.7. The summed E-state index contributed by atoms with van der Waals surface area (Å²) in [7, 11) is 1.98. The van der Waals surface area contributed by atoms with Gasteiger partial charge in [-0.1, -0.05) is 6.92 Å². The lowest BCUT2D eigenvalue weighted by molar-refractivity contribution is -0.143. The number of anilines is 3. The van der Waals surface area contributed by atoms with Crippen LogP contribution in [0.3, 0.4) is 0 Å². The van der Waals surface area contributed by atoms with E-state index in [-0.39, 0.29) is 5.82 Å². The van der Waals surface area contributed by atoms with Gasteiger partial charge in [-0.3, -0.25) is 14.0 Å². The number of fused-ring (bicyclic) bond motifs is 1. The normalized spacial score (nSPS) is 13.9. The minimum absolute atomic E-state index is 0.271. The highest BCUT2D eigenvalue weighted by atomic mass is 32.1. The van der Waals surface area contributed by atoms with E-state index >= 15 is 0 Å². The number of ketones is 1. The van der Waals surface area contributed by atoms with Gasteiger partial charge < -0.3 is 14.7 Å². The van der Waals surface area contributed by atoms with E-state index in [1.54, 1.807) is 17.0 Å². The van der Waals surface area contributed by atoms with Crippen molar-refractivity contribution in [1.29, 1.82) is 0 Å². The van der Waals surface area contributed by atoms with Crippen LogP contribution in [0.5, 0.6) is 0 Å². The number of benzene rings is 1. The largest absolute Gasteiger partial charge is 0.367 e. The highest BCUT2D eigenvalue weighted by molar-refractivity contribution is 7.14. The standard InChI is InChI=1S/C26H27FN6O2S/c1-4-21-24(30(3)26-29-22(16-36-26)18-5-7-19(27)8-6-18)33-15-20(9-10-23(33)28-21)31-11-13-32(14-12-31)25(35)17(2)34/h5-10,15-16H,4,11-14H2,1-3H3. The number of hydrogen-bond acceptors (Lipinski definition) is 7. The van der Waals surface area contributed by atoms with Crippen molar-refractivity contribution in [3.05, 3.63) is 59.5 Å². The number of pyridine rings is 1. The summed E-state index contributed by atoms with van der Waals surface area (Å²) in [5.74, 6) is -0.167. The van der Waals surface area contributed by atoms with Gasteiger partial charge in [-0.15, -0.1) is 11.3 Å². The number of carbonyl (C=O) groups excluding carboxylic acids is 2. The molecule has 4 aromatic rings. The van der Waals surface area contributed by atoms with Gasteiger partial charge >= 0.3 is 0 Å². The fourth-order valence-corrected chi connectivity index (χ4v) is 5.30. The Morgan fingerprint density at radius 1 is 1.06 bits per heavy atom. The molecule has 5 rings (SSSR count). The molecule has 1 amide bonds. The third kappa shape index (κ3) is 4.44. The van der Waals surface area contributed by atoms with Crippen LogP contribution in [-0.2, 0) is 16.0 Å². The smallest absolute Gasteiger partial charge is 0.289 e. The average molecular weight is 507 g/mol. The van der Waals surface area contributed by atoms with Crippen LogP contribution in [0.15, 0.2) is 48.0 Å². The SMILES string of the molecule is CCc1nc2ccc(N3CCN(C(=O)C(C)=O)CC3)cn2c1N(C)c1nc(-c2ccc(F)cc2)cs1. The zero-order chi connectivity index (χ0) is 25.4. The Morgan fingerprint density at radius 2 is 1.78 bits per heavy atom. The van der Waals surface area contributed by atoms with Crippen molar-refractivity contribution < 1.29 is 14.0 Å². The maximum absolute atomic E-state index is 13.3. The van der Waals surface area contributed by atoms with Crippen molar-refractivity contribution in [2.75, 3.05) is 43.0 Å². The summed E-state index contributed by atoms with van der Waals surface area (Å²) in [6, 6.07) is 10.4. The number of aromatic nitrogens is 3. The second-order valence-corrected chi connectivity index (χ2v) is 9.60. The summed E-state index contributed by atoms with van der Waals surface area (Å²) in [4.78, 5) is 39.0. The van der Waals surface area contributed by atoms with Gasteiger partial charge in [0, 0.05) is 57.3 Å². The molecular formula is C26H27FN6O2S. The highest BCUT2D eigenvalue weighted by Gasteiger charge is 2.25. The predicted octanol–water partition coefficient (Wildman–Crippen LogP) is 4.16.